The fourth-order valence-corrected chi connectivity index (χ4v) is 6.11. The van der Waals surface area contributed by atoms with Crippen molar-refractivity contribution in [2.24, 2.45) is 0 Å². The third kappa shape index (κ3) is 2.66. The van der Waals surface area contributed by atoms with Crippen LogP contribution in [-0.4, -0.2) is 28.8 Å². The summed E-state index contributed by atoms with van der Waals surface area (Å²) in [6.07, 6.45) is 4.88. The molecule has 5 heterocycles. The summed E-state index contributed by atoms with van der Waals surface area (Å²) < 4.78 is 15.2. The molecule has 1 spiro atoms. The quantitative estimate of drug-likeness (QED) is 0.824. The van der Waals surface area contributed by atoms with E-state index in [-0.39, 0.29) is 11.6 Å². The van der Waals surface area contributed by atoms with Crippen LogP contribution in [-0.2, 0) is 34.6 Å². The van der Waals surface area contributed by atoms with E-state index in [0.29, 0.717) is 12.6 Å². The molecule has 0 aliphatic carbocycles. The van der Waals surface area contributed by atoms with Gasteiger partial charge in [-0.25, -0.2) is 4.98 Å². The van der Waals surface area contributed by atoms with Crippen LogP contribution < -0.4 is 5.32 Å². The minimum Gasteiger partial charge on any atom is -0.372 e. The van der Waals surface area contributed by atoms with Gasteiger partial charge < -0.3 is 19.4 Å². The first kappa shape index (κ1) is 16.3. The molecular weight excluding hydrogens is 358 g/mol. The number of piperidine rings is 1. The SMILES string of the molecule is CC1CC2(CC(c3cnc4n3CCOC4)N1)OCCc1cc(Cl)sc12. The molecule has 0 saturated carbocycles. The Balaban J connectivity index is 1.53. The number of aromatic nitrogens is 2. The van der Waals surface area contributed by atoms with Crippen molar-refractivity contribution in [1.82, 2.24) is 14.9 Å². The number of hydrogen-bond acceptors (Lipinski definition) is 5. The maximum absolute atomic E-state index is 6.45. The highest BCUT2D eigenvalue weighted by Crippen LogP contribution is 2.50. The summed E-state index contributed by atoms with van der Waals surface area (Å²) in [5, 5.41) is 3.77. The van der Waals surface area contributed by atoms with E-state index < -0.39 is 0 Å². The molecule has 0 bridgehead atoms. The van der Waals surface area contributed by atoms with Crippen molar-refractivity contribution in [3.63, 3.8) is 0 Å². The summed E-state index contributed by atoms with van der Waals surface area (Å²) in [5.74, 6) is 1.03. The second-order valence-corrected chi connectivity index (χ2v) is 9.01. The number of nitrogens with zero attached hydrogens (tertiary/aromatic N) is 2. The normalized spacial score (nSPS) is 31.8. The van der Waals surface area contributed by atoms with Gasteiger partial charge in [0.2, 0.25) is 0 Å². The standard InChI is InChI=1S/C18H22ClN3O2S/c1-11-7-18(17-12(2-4-24-18)6-15(19)25-17)8-13(21-11)14-9-20-16-10-23-5-3-22(14)16/h6,9,11,13,21H,2-5,7-8,10H2,1H3. The monoisotopic (exact) mass is 379 g/mol. The van der Waals surface area contributed by atoms with E-state index in [4.69, 9.17) is 21.1 Å². The molecule has 3 aliphatic rings. The van der Waals surface area contributed by atoms with Crippen LogP contribution in [0.2, 0.25) is 4.34 Å². The zero-order valence-electron chi connectivity index (χ0n) is 14.3. The number of hydrogen-bond donors (Lipinski definition) is 1. The number of halogens is 1. The fraction of sp³-hybridized carbons (Fsp3) is 0.611. The minimum atomic E-state index is -0.226. The molecule has 1 N–H and O–H groups in total. The third-order valence-corrected chi connectivity index (χ3v) is 7.11. The second kappa shape index (κ2) is 6.06. The number of imidazole rings is 1. The number of fused-ring (bicyclic) bond motifs is 3. The lowest BCUT2D eigenvalue weighted by atomic mass is 9.79. The highest BCUT2D eigenvalue weighted by atomic mass is 35.5. The summed E-state index contributed by atoms with van der Waals surface area (Å²) in [6.45, 7) is 5.26. The van der Waals surface area contributed by atoms with Crippen LogP contribution in [0, 0.1) is 0 Å². The van der Waals surface area contributed by atoms with E-state index in [1.807, 2.05) is 6.20 Å². The first-order valence-electron chi connectivity index (χ1n) is 8.95. The molecule has 3 aliphatic heterocycles. The van der Waals surface area contributed by atoms with Crippen molar-refractivity contribution >= 4 is 22.9 Å². The molecule has 3 unspecified atom stereocenters. The maximum atomic E-state index is 6.45. The molecule has 25 heavy (non-hydrogen) atoms. The molecule has 2 aromatic rings. The van der Waals surface area contributed by atoms with Gasteiger partial charge in [-0.2, -0.15) is 0 Å². The molecule has 134 valence electrons. The number of ether oxygens (including phenoxy) is 2. The Morgan fingerprint density at radius 1 is 1.40 bits per heavy atom. The summed E-state index contributed by atoms with van der Waals surface area (Å²) in [5.41, 5.74) is 2.40. The topological polar surface area (TPSA) is 48.3 Å². The lowest BCUT2D eigenvalue weighted by Crippen LogP contribution is -2.50. The lowest BCUT2D eigenvalue weighted by molar-refractivity contribution is -0.0961. The van der Waals surface area contributed by atoms with Crippen LogP contribution in [0.15, 0.2) is 12.3 Å². The van der Waals surface area contributed by atoms with Gasteiger partial charge in [0.1, 0.15) is 18.0 Å². The fourth-order valence-electron chi connectivity index (χ4n) is 4.65. The van der Waals surface area contributed by atoms with Gasteiger partial charge in [0.25, 0.3) is 0 Å². The zero-order chi connectivity index (χ0) is 17.0. The molecule has 5 nitrogen and oxygen atoms in total. The predicted octanol–water partition coefficient (Wildman–Crippen LogP) is 3.41. The van der Waals surface area contributed by atoms with E-state index in [1.54, 1.807) is 11.3 Å². The number of rotatable bonds is 1. The molecule has 1 saturated heterocycles. The summed E-state index contributed by atoms with van der Waals surface area (Å²) in [7, 11) is 0. The van der Waals surface area contributed by atoms with E-state index >= 15 is 0 Å². The Morgan fingerprint density at radius 3 is 3.24 bits per heavy atom. The average Bonchev–Trinajstić information content (AvgIpc) is 3.18. The minimum absolute atomic E-state index is 0.226. The van der Waals surface area contributed by atoms with Gasteiger partial charge in [-0.1, -0.05) is 11.6 Å². The van der Waals surface area contributed by atoms with Gasteiger partial charge in [-0.05, 0) is 31.4 Å². The van der Waals surface area contributed by atoms with Crippen molar-refractivity contribution in [3.8, 4) is 0 Å². The van der Waals surface area contributed by atoms with Crippen LogP contribution in [0.25, 0.3) is 0 Å². The van der Waals surface area contributed by atoms with Crippen molar-refractivity contribution in [2.45, 2.75) is 57.0 Å². The van der Waals surface area contributed by atoms with Crippen LogP contribution in [0.5, 0.6) is 0 Å². The molecule has 0 radical (unpaired) electrons. The molecule has 0 amide bonds. The Bertz CT molecular complexity index is 804. The van der Waals surface area contributed by atoms with E-state index in [0.717, 1.165) is 49.2 Å². The first-order chi connectivity index (χ1) is 12.1. The first-order valence-corrected chi connectivity index (χ1v) is 10.1. The molecule has 5 rings (SSSR count). The second-order valence-electron chi connectivity index (χ2n) is 7.33. The molecule has 1 fully saturated rings. The van der Waals surface area contributed by atoms with Crippen LogP contribution >= 0.6 is 22.9 Å². The molecular formula is C18H22ClN3O2S. The van der Waals surface area contributed by atoms with Crippen LogP contribution in [0.4, 0.5) is 0 Å². The predicted molar refractivity (Wildman–Crippen MR) is 97.1 cm³/mol. The van der Waals surface area contributed by atoms with Gasteiger partial charge in [0.05, 0.1) is 35.5 Å². The van der Waals surface area contributed by atoms with Crippen molar-refractivity contribution in [3.05, 3.63) is 38.6 Å². The number of thiophene rings is 1. The van der Waals surface area contributed by atoms with Crippen LogP contribution in [0.3, 0.4) is 0 Å². The Kier molecular flexibility index (Phi) is 3.95. The smallest absolute Gasteiger partial charge is 0.135 e. The largest absolute Gasteiger partial charge is 0.372 e. The van der Waals surface area contributed by atoms with Gasteiger partial charge in [0, 0.05) is 23.9 Å². The van der Waals surface area contributed by atoms with Gasteiger partial charge >= 0.3 is 0 Å². The summed E-state index contributed by atoms with van der Waals surface area (Å²) in [6, 6.07) is 2.73. The molecule has 3 atom stereocenters. The van der Waals surface area contributed by atoms with Gasteiger partial charge in [0.15, 0.2) is 0 Å². The Labute approximate surface area is 156 Å². The van der Waals surface area contributed by atoms with Crippen molar-refractivity contribution in [1.29, 1.82) is 0 Å². The zero-order valence-corrected chi connectivity index (χ0v) is 15.8. The van der Waals surface area contributed by atoms with Crippen molar-refractivity contribution < 1.29 is 9.47 Å². The van der Waals surface area contributed by atoms with Crippen LogP contribution in [0.1, 0.15) is 47.8 Å². The summed E-state index contributed by atoms with van der Waals surface area (Å²) in [4.78, 5) is 5.91. The summed E-state index contributed by atoms with van der Waals surface area (Å²) >= 11 is 8.04. The highest BCUT2D eigenvalue weighted by Gasteiger charge is 2.46. The van der Waals surface area contributed by atoms with Gasteiger partial charge in [-0.15, -0.1) is 11.3 Å². The molecule has 0 aromatic carbocycles. The molecule has 2 aromatic heterocycles. The third-order valence-electron chi connectivity index (χ3n) is 5.61. The van der Waals surface area contributed by atoms with E-state index in [9.17, 15) is 0 Å². The Morgan fingerprint density at radius 2 is 2.32 bits per heavy atom. The maximum Gasteiger partial charge on any atom is 0.135 e. The lowest BCUT2D eigenvalue weighted by Gasteiger charge is -2.46. The van der Waals surface area contributed by atoms with E-state index in [2.05, 4.69) is 27.9 Å². The average molecular weight is 380 g/mol. The number of nitrogens with one attached hydrogen (secondary N) is 1. The highest BCUT2D eigenvalue weighted by molar-refractivity contribution is 7.16. The van der Waals surface area contributed by atoms with Gasteiger partial charge in [-0.3, -0.25) is 0 Å². The molecule has 7 heteroatoms. The Hall–Kier alpha value is -0.920. The van der Waals surface area contributed by atoms with E-state index in [1.165, 1.54) is 16.1 Å². The van der Waals surface area contributed by atoms with Crippen molar-refractivity contribution in [2.75, 3.05) is 13.2 Å².